The fraction of sp³-hybridized carbons (Fsp3) is 0.182. The van der Waals surface area contributed by atoms with Crippen LogP contribution in [0.3, 0.4) is 0 Å². The molecule has 1 heterocycles. The van der Waals surface area contributed by atoms with Gasteiger partial charge in [-0.1, -0.05) is 12.1 Å². The van der Waals surface area contributed by atoms with Crippen molar-refractivity contribution in [3.63, 3.8) is 0 Å². The molecule has 2 amide bonds. The van der Waals surface area contributed by atoms with E-state index in [9.17, 15) is 14.4 Å². The van der Waals surface area contributed by atoms with Gasteiger partial charge in [0.25, 0.3) is 0 Å². The van der Waals surface area contributed by atoms with Crippen LogP contribution in [0.25, 0.3) is 0 Å². The van der Waals surface area contributed by atoms with Gasteiger partial charge < -0.3 is 10.2 Å². The molecule has 0 aliphatic carbocycles. The van der Waals surface area contributed by atoms with Crippen LogP contribution in [0.15, 0.2) is 24.3 Å². The molecule has 0 atom stereocenters. The van der Waals surface area contributed by atoms with Crippen molar-refractivity contribution in [1.82, 2.24) is 5.32 Å². The fourth-order valence-corrected chi connectivity index (χ4v) is 1.59. The fourth-order valence-electron chi connectivity index (χ4n) is 1.59. The number of aldehydes is 1. The van der Waals surface area contributed by atoms with Crippen molar-refractivity contribution in [2.24, 2.45) is 0 Å². The van der Waals surface area contributed by atoms with Crippen molar-refractivity contribution in [3.05, 3.63) is 29.8 Å². The molecule has 5 heteroatoms. The average molecular weight is 218 g/mol. The highest BCUT2D eigenvalue weighted by Crippen LogP contribution is 2.16. The summed E-state index contributed by atoms with van der Waals surface area (Å²) in [5.74, 6) is -1.20. The van der Waals surface area contributed by atoms with Crippen LogP contribution in [0, 0.1) is 0 Å². The molecule has 16 heavy (non-hydrogen) atoms. The van der Waals surface area contributed by atoms with Crippen molar-refractivity contribution in [1.29, 1.82) is 0 Å². The maximum Gasteiger partial charge on any atom is 0.316 e. The molecule has 1 aromatic rings. The first kappa shape index (κ1) is 10.4. The quantitative estimate of drug-likeness (QED) is 0.559. The Morgan fingerprint density at radius 3 is 2.88 bits per heavy atom. The predicted octanol–water partition coefficient (Wildman–Crippen LogP) is -0.0381. The number of carbonyl (C=O) groups excluding carboxylic acids is 3. The zero-order valence-corrected chi connectivity index (χ0v) is 8.47. The molecule has 1 saturated heterocycles. The van der Waals surface area contributed by atoms with E-state index in [0.29, 0.717) is 30.6 Å². The maximum absolute atomic E-state index is 11.6. The molecule has 1 aromatic carbocycles. The van der Waals surface area contributed by atoms with E-state index >= 15 is 0 Å². The first-order valence-electron chi connectivity index (χ1n) is 4.87. The van der Waals surface area contributed by atoms with Crippen LogP contribution < -0.4 is 10.2 Å². The molecule has 0 bridgehead atoms. The van der Waals surface area contributed by atoms with E-state index in [0.717, 1.165) is 0 Å². The zero-order valence-electron chi connectivity index (χ0n) is 8.47. The summed E-state index contributed by atoms with van der Waals surface area (Å²) in [5.41, 5.74) is 1.06. The first-order chi connectivity index (χ1) is 7.72. The number of nitrogens with one attached hydrogen (secondary N) is 1. The Kier molecular flexibility index (Phi) is 2.68. The third-order valence-electron chi connectivity index (χ3n) is 2.38. The smallest absolute Gasteiger partial charge is 0.316 e. The molecular weight excluding hydrogens is 208 g/mol. The van der Waals surface area contributed by atoms with Crippen molar-refractivity contribution in [2.75, 3.05) is 18.0 Å². The minimum Gasteiger partial charge on any atom is -0.346 e. The second-order valence-electron chi connectivity index (χ2n) is 3.43. The van der Waals surface area contributed by atoms with Gasteiger partial charge in [0.05, 0.1) is 0 Å². The van der Waals surface area contributed by atoms with Crippen LogP contribution in [0.5, 0.6) is 0 Å². The summed E-state index contributed by atoms with van der Waals surface area (Å²) >= 11 is 0. The number of benzene rings is 1. The Hall–Kier alpha value is -2.17. The Labute approximate surface area is 92.0 Å². The van der Waals surface area contributed by atoms with Gasteiger partial charge in [-0.25, -0.2) is 0 Å². The Morgan fingerprint density at radius 2 is 2.12 bits per heavy atom. The van der Waals surface area contributed by atoms with Crippen LogP contribution >= 0.6 is 0 Å². The lowest BCUT2D eigenvalue weighted by molar-refractivity contribution is -0.138. The van der Waals surface area contributed by atoms with Gasteiger partial charge in [0, 0.05) is 24.3 Å². The van der Waals surface area contributed by atoms with Gasteiger partial charge in [-0.2, -0.15) is 0 Å². The second-order valence-corrected chi connectivity index (χ2v) is 3.43. The Morgan fingerprint density at radius 1 is 1.31 bits per heavy atom. The van der Waals surface area contributed by atoms with Crippen LogP contribution in [0.2, 0.25) is 0 Å². The third kappa shape index (κ3) is 1.79. The molecule has 5 nitrogen and oxygen atoms in total. The van der Waals surface area contributed by atoms with E-state index < -0.39 is 11.8 Å². The number of carbonyl (C=O) groups is 3. The van der Waals surface area contributed by atoms with Gasteiger partial charge in [-0.3, -0.25) is 14.4 Å². The molecule has 2 rings (SSSR count). The van der Waals surface area contributed by atoms with E-state index in [-0.39, 0.29) is 0 Å². The molecule has 0 spiro atoms. The molecular formula is C11H10N2O3. The van der Waals surface area contributed by atoms with Crippen LogP contribution in [-0.2, 0) is 9.59 Å². The minimum absolute atomic E-state index is 0.423. The highest BCUT2D eigenvalue weighted by atomic mass is 16.2. The monoisotopic (exact) mass is 218 g/mol. The van der Waals surface area contributed by atoms with Crippen molar-refractivity contribution in [3.8, 4) is 0 Å². The molecule has 0 aromatic heterocycles. The standard InChI is InChI=1S/C11H10N2O3/c14-7-8-2-1-3-9(6-8)13-5-4-12-10(15)11(13)16/h1-3,6-7H,4-5H2,(H,12,15). The number of rotatable bonds is 2. The van der Waals surface area contributed by atoms with Crippen LogP contribution in [0.1, 0.15) is 10.4 Å². The van der Waals surface area contributed by atoms with Gasteiger partial charge in [-0.05, 0) is 12.1 Å². The number of nitrogens with zero attached hydrogens (tertiary/aromatic N) is 1. The van der Waals surface area contributed by atoms with Crippen molar-refractivity contribution in [2.45, 2.75) is 0 Å². The number of hydrogen-bond acceptors (Lipinski definition) is 3. The zero-order chi connectivity index (χ0) is 11.5. The third-order valence-corrected chi connectivity index (χ3v) is 2.38. The van der Waals surface area contributed by atoms with Gasteiger partial charge in [0.2, 0.25) is 0 Å². The van der Waals surface area contributed by atoms with E-state index in [2.05, 4.69) is 5.32 Å². The molecule has 1 aliphatic rings. The number of piperazine rings is 1. The van der Waals surface area contributed by atoms with E-state index in [1.165, 1.54) is 4.90 Å². The van der Waals surface area contributed by atoms with Gasteiger partial charge in [0.1, 0.15) is 6.29 Å². The molecule has 1 fully saturated rings. The average Bonchev–Trinajstić information content (AvgIpc) is 2.33. The SMILES string of the molecule is O=Cc1cccc(N2CCNC(=O)C2=O)c1. The summed E-state index contributed by atoms with van der Waals surface area (Å²) < 4.78 is 0. The summed E-state index contributed by atoms with van der Waals surface area (Å²) in [5, 5.41) is 2.46. The maximum atomic E-state index is 11.6. The lowest BCUT2D eigenvalue weighted by atomic mass is 10.2. The molecule has 82 valence electrons. The highest BCUT2D eigenvalue weighted by Gasteiger charge is 2.27. The van der Waals surface area contributed by atoms with E-state index in [4.69, 9.17) is 0 Å². The van der Waals surface area contributed by atoms with Gasteiger partial charge in [0.15, 0.2) is 0 Å². The summed E-state index contributed by atoms with van der Waals surface area (Å²) in [6.07, 6.45) is 0.706. The van der Waals surface area contributed by atoms with E-state index in [1.54, 1.807) is 24.3 Å². The summed E-state index contributed by atoms with van der Waals surface area (Å²) in [4.78, 5) is 34.7. The number of amides is 2. The van der Waals surface area contributed by atoms with E-state index in [1.807, 2.05) is 0 Å². The molecule has 0 saturated carbocycles. The lowest BCUT2D eigenvalue weighted by Gasteiger charge is -2.26. The molecule has 0 unspecified atom stereocenters. The molecule has 1 aliphatic heterocycles. The summed E-state index contributed by atoms with van der Waals surface area (Å²) in [7, 11) is 0. The summed E-state index contributed by atoms with van der Waals surface area (Å²) in [6, 6.07) is 6.61. The topological polar surface area (TPSA) is 66.5 Å². The van der Waals surface area contributed by atoms with Crippen molar-refractivity contribution < 1.29 is 14.4 Å². The summed E-state index contributed by atoms with van der Waals surface area (Å²) in [6.45, 7) is 0.850. The minimum atomic E-state index is -0.609. The predicted molar refractivity (Wildman–Crippen MR) is 57.2 cm³/mol. The second kappa shape index (κ2) is 4.14. The van der Waals surface area contributed by atoms with Gasteiger partial charge in [-0.15, -0.1) is 0 Å². The van der Waals surface area contributed by atoms with Crippen LogP contribution in [0.4, 0.5) is 5.69 Å². The normalized spacial score (nSPS) is 15.9. The molecule has 0 radical (unpaired) electrons. The first-order valence-corrected chi connectivity index (χ1v) is 4.87. The number of anilines is 1. The van der Waals surface area contributed by atoms with Gasteiger partial charge >= 0.3 is 11.8 Å². The lowest BCUT2D eigenvalue weighted by Crippen LogP contribution is -2.52. The highest BCUT2D eigenvalue weighted by molar-refractivity contribution is 6.41. The van der Waals surface area contributed by atoms with Crippen molar-refractivity contribution >= 4 is 23.8 Å². The Bertz CT molecular complexity index is 456. The van der Waals surface area contributed by atoms with Crippen LogP contribution in [-0.4, -0.2) is 31.2 Å². The largest absolute Gasteiger partial charge is 0.346 e. The number of hydrogen-bond donors (Lipinski definition) is 1. The Balaban J connectivity index is 2.32. The molecule has 1 N–H and O–H groups in total.